The zero-order chi connectivity index (χ0) is 83.1. The Kier molecular flexibility index (Phi) is 69.8. The molecule has 17 unspecified atom stereocenters. The molecule has 12 N–H and O–H groups in total. The molecule has 19 heteroatoms. The number of allylic oxidation sites excluding steroid dienone is 10. The van der Waals surface area contributed by atoms with Crippen LogP contribution in [-0.4, -0.2) is 193 Å². The topological polar surface area (TPSA) is 307 Å². The maximum absolute atomic E-state index is 13.6. The van der Waals surface area contributed by atoms with Crippen LogP contribution in [0.4, 0.5) is 0 Å². The second kappa shape index (κ2) is 75.2. The first-order valence-corrected chi connectivity index (χ1v) is 48.0. The van der Waals surface area contributed by atoms with Crippen LogP contribution in [0.5, 0.6) is 0 Å². The van der Waals surface area contributed by atoms with Crippen molar-refractivity contribution in [2.45, 2.75) is 516 Å². The maximum Gasteiger partial charge on any atom is 0.220 e. The van der Waals surface area contributed by atoms with Gasteiger partial charge in [0.2, 0.25) is 5.91 Å². The van der Waals surface area contributed by atoms with Gasteiger partial charge < -0.3 is 89.9 Å². The Bertz CT molecular complexity index is 2310. The summed E-state index contributed by atoms with van der Waals surface area (Å²) in [7, 11) is 0. The summed E-state index contributed by atoms with van der Waals surface area (Å²) in [5.41, 5.74) is 0. The zero-order valence-corrected chi connectivity index (χ0v) is 73.0. The van der Waals surface area contributed by atoms with Gasteiger partial charge in [0.05, 0.1) is 38.6 Å². The van der Waals surface area contributed by atoms with Crippen molar-refractivity contribution in [2.24, 2.45) is 0 Å². The number of aliphatic hydroxyl groups excluding tert-OH is 11. The van der Waals surface area contributed by atoms with Gasteiger partial charge in [-0.2, -0.15) is 0 Å². The molecule has 3 rings (SSSR count). The first-order chi connectivity index (χ1) is 56.3. The minimum absolute atomic E-state index is 0.235. The summed E-state index contributed by atoms with van der Waals surface area (Å²) in [6.45, 7) is 1.76. The van der Waals surface area contributed by atoms with Gasteiger partial charge in [0, 0.05) is 6.42 Å². The number of aliphatic hydroxyl groups is 11. The molecule has 0 aromatic heterocycles. The Morgan fingerprint density at radius 3 is 0.939 bits per heavy atom. The van der Waals surface area contributed by atoms with Crippen LogP contribution in [0.15, 0.2) is 60.8 Å². The molecule has 0 bridgehead atoms. The molecule has 17 atom stereocenters. The lowest BCUT2D eigenvalue weighted by Crippen LogP contribution is -2.66. The van der Waals surface area contributed by atoms with Crippen LogP contribution in [0.3, 0.4) is 0 Å². The Labute approximate surface area is 700 Å². The number of hydrogen-bond donors (Lipinski definition) is 12. The van der Waals surface area contributed by atoms with Crippen LogP contribution in [0, 0.1) is 0 Å². The second-order valence-corrected chi connectivity index (χ2v) is 34.2. The molecule has 0 saturated carbocycles. The predicted octanol–water partition coefficient (Wildman–Crippen LogP) is 19.3. The molecular weight excluding hydrogens is 1460 g/mol. The molecule has 1 amide bonds. The number of amides is 1. The van der Waals surface area contributed by atoms with E-state index in [9.17, 15) is 61.0 Å². The summed E-state index contributed by atoms with van der Waals surface area (Å²) in [4.78, 5) is 13.6. The Hall–Kier alpha value is -2.51. The highest BCUT2D eigenvalue weighted by Crippen LogP contribution is 2.34. The summed E-state index contributed by atoms with van der Waals surface area (Å²) in [6.07, 6.45) is 73.5. The third-order valence-corrected chi connectivity index (χ3v) is 23.9. The molecule has 674 valence electrons. The van der Waals surface area contributed by atoms with Crippen molar-refractivity contribution in [1.29, 1.82) is 0 Å². The van der Waals surface area contributed by atoms with Crippen molar-refractivity contribution >= 4 is 5.91 Å². The Morgan fingerprint density at radius 2 is 0.600 bits per heavy atom. The van der Waals surface area contributed by atoms with Crippen molar-refractivity contribution in [3.63, 3.8) is 0 Å². The number of carbonyl (C=O) groups is 1. The van der Waals surface area contributed by atoms with E-state index in [-0.39, 0.29) is 18.9 Å². The van der Waals surface area contributed by atoms with Gasteiger partial charge in [-0.05, 0) is 57.8 Å². The van der Waals surface area contributed by atoms with Gasteiger partial charge >= 0.3 is 0 Å². The Balaban J connectivity index is 1.29. The van der Waals surface area contributed by atoms with Gasteiger partial charge in [0.25, 0.3) is 0 Å². The van der Waals surface area contributed by atoms with Gasteiger partial charge in [-0.3, -0.25) is 4.79 Å². The van der Waals surface area contributed by atoms with E-state index in [0.717, 1.165) is 77.0 Å². The standard InChI is InChI=1S/C96H177NO18/c1-3-5-7-9-11-13-15-17-19-21-23-25-27-29-31-33-35-37-38-39-40-42-44-46-48-50-52-54-56-58-60-62-64-66-68-70-72-74-84(102)97-79(80(101)73-71-69-67-65-63-61-59-57-55-53-51-49-47-45-43-41-36-34-32-30-28-26-24-22-20-18-16-14-12-10-8-6-4-2)78-110-94-90(108)87(105)92(82(76-99)112-94)115-96-91(109)88(106)93(83(77-100)113-96)114-95-89(107)86(104)85(103)81(75-98)111-95/h5,7,11,13,17,19,23,25,29,31,79-83,85-96,98-101,103-109H,3-4,6,8-10,12,14-16,18,20-22,24,26-28,30,32-78H2,1-2H3,(H,97,102)/b7-5-,13-11-,19-17-,25-23-,31-29-. The van der Waals surface area contributed by atoms with Gasteiger partial charge in [-0.15, -0.1) is 0 Å². The lowest BCUT2D eigenvalue weighted by Gasteiger charge is -2.48. The average Bonchev–Trinajstić information content (AvgIpc) is 0.779. The van der Waals surface area contributed by atoms with Crippen LogP contribution in [-0.2, 0) is 33.2 Å². The molecule has 3 saturated heterocycles. The molecule has 3 heterocycles. The fourth-order valence-electron chi connectivity index (χ4n) is 16.3. The summed E-state index contributed by atoms with van der Waals surface area (Å²) in [6, 6.07) is -0.890. The van der Waals surface area contributed by atoms with E-state index in [1.165, 1.54) is 302 Å². The first kappa shape index (κ1) is 107. The van der Waals surface area contributed by atoms with E-state index in [4.69, 9.17) is 28.4 Å². The van der Waals surface area contributed by atoms with E-state index in [1.54, 1.807) is 0 Å². The van der Waals surface area contributed by atoms with Crippen molar-refractivity contribution in [3.8, 4) is 0 Å². The highest BCUT2D eigenvalue weighted by atomic mass is 16.8. The minimum atomic E-state index is -1.97. The fourth-order valence-corrected chi connectivity index (χ4v) is 16.3. The number of hydrogen-bond acceptors (Lipinski definition) is 18. The summed E-state index contributed by atoms with van der Waals surface area (Å²) in [5, 5.41) is 122. The highest BCUT2D eigenvalue weighted by molar-refractivity contribution is 5.76. The molecule has 0 aromatic carbocycles. The van der Waals surface area contributed by atoms with E-state index in [2.05, 4.69) is 79.9 Å². The molecule has 3 fully saturated rings. The number of nitrogens with one attached hydrogen (secondary N) is 1. The van der Waals surface area contributed by atoms with Gasteiger partial charge in [0.15, 0.2) is 18.9 Å². The van der Waals surface area contributed by atoms with Crippen molar-refractivity contribution < 1.29 is 89.4 Å². The van der Waals surface area contributed by atoms with E-state index >= 15 is 0 Å². The van der Waals surface area contributed by atoms with Crippen molar-refractivity contribution in [1.82, 2.24) is 5.32 Å². The lowest BCUT2D eigenvalue weighted by molar-refractivity contribution is -0.379. The third-order valence-electron chi connectivity index (χ3n) is 23.9. The molecule has 0 aliphatic carbocycles. The molecule has 0 spiro atoms. The monoisotopic (exact) mass is 1630 g/mol. The van der Waals surface area contributed by atoms with Gasteiger partial charge in [-0.25, -0.2) is 0 Å². The largest absolute Gasteiger partial charge is 0.394 e. The molecule has 19 nitrogen and oxygen atoms in total. The predicted molar refractivity (Wildman–Crippen MR) is 466 cm³/mol. The quantitative estimate of drug-likeness (QED) is 0.0199. The van der Waals surface area contributed by atoms with Crippen LogP contribution >= 0.6 is 0 Å². The van der Waals surface area contributed by atoms with Crippen LogP contribution in [0.25, 0.3) is 0 Å². The van der Waals surface area contributed by atoms with Crippen LogP contribution < -0.4 is 5.32 Å². The van der Waals surface area contributed by atoms with Crippen LogP contribution in [0.2, 0.25) is 0 Å². The van der Waals surface area contributed by atoms with Crippen molar-refractivity contribution in [3.05, 3.63) is 60.8 Å². The normalized spacial score (nSPS) is 24.8. The summed E-state index contributed by atoms with van der Waals surface area (Å²) in [5.74, 6) is -0.235. The Morgan fingerprint density at radius 1 is 0.322 bits per heavy atom. The highest BCUT2D eigenvalue weighted by Gasteiger charge is 2.54. The zero-order valence-electron chi connectivity index (χ0n) is 73.0. The fraction of sp³-hybridized carbons (Fsp3) is 0.885. The average molecular weight is 1630 g/mol. The molecular formula is C96H177NO18. The molecule has 0 aromatic rings. The van der Waals surface area contributed by atoms with E-state index in [1.807, 2.05) is 0 Å². The SMILES string of the molecule is CC/C=C\C/C=C\C/C=C\C/C=C\C/C=C\CCCCCCCCCCCCCCCCCCCCCCCC(=O)NC(COC1OC(CO)C(OC2OC(CO)C(OC3OC(CO)C(O)C(O)C3O)C(O)C2O)C(O)C1O)C(O)CCCCCCCCCCCCCCCCCCCCCCCCCCCCCCCCCCC. The molecule has 3 aliphatic rings. The summed E-state index contributed by atoms with van der Waals surface area (Å²) >= 11 is 0. The van der Waals surface area contributed by atoms with Gasteiger partial charge in [0.1, 0.15) is 73.2 Å². The number of carbonyl (C=O) groups excluding carboxylic acids is 1. The second-order valence-electron chi connectivity index (χ2n) is 34.2. The maximum atomic E-state index is 13.6. The van der Waals surface area contributed by atoms with Crippen LogP contribution in [0.1, 0.15) is 412 Å². The molecule has 3 aliphatic heterocycles. The molecule has 115 heavy (non-hydrogen) atoms. The lowest BCUT2D eigenvalue weighted by atomic mass is 9.96. The summed E-state index contributed by atoms with van der Waals surface area (Å²) < 4.78 is 34.6. The number of ether oxygens (including phenoxy) is 6. The van der Waals surface area contributed by atoms with E-state index in [0.29, 0.717) is 12.8 Å². The van der Waals surface area contributed by atoms with Crippen molar-refractivity contribution in [2.75, 3.05) is 26.4 Å². The third kappa shape index (κ3) is 53.2. The molecule has 0 radical (unpaired) electrons. The smallest absolute Gasteiger partial charge is 0.220 e. The number of unbranched alkanes of at least 4 members (excludes halogenated alkanes) is 53. The minimum Gasteiger partial charge on any atom is -0.394 e. The van der Waals surface area contributed by atoms with E-state index < -0.39 is 124 Å². The number of rotatable bonds is 79. The van der Waals surface area contributed by atoms with Gasteiger partial charge in [-0.1, -0.05) is 408 Å². The first-order valence-electron chi connectivity index (χ1n) is 48.0.